The molecule has 0 radical (unpaired) electrons. The minimum absolute atomic E-state index is 0. The average molecular weight is 508 g/mol. The standard InChI is InChI=1S/C18H22ClN3O2S.HI/c1-20-18(22-11-14(23)16-6-7-17(19)25-16)21-10-12-8-9-24-15-5-3-2-4-13(12)15;/h2-7,12,14,23H,8-11H2,1H3,(H2,20,21,22);1H. The molecule has 0 amide bonds. The number of guanidine groups is 1. The number of nitrogens with zero attached hydrogens (tertiary/aromatic N) is 1. The van der Waals surface area contributed by atoms with Crippen LogP contribution in [0.15, 0.2) is 41.4 Å². The second-order valence-corrected chi connectivity index (χ2v) is 7.61. The highest BCUT2D eigenvalue weighted by molar-refractivity contribution is 14.0. The first kappa shape index (κ1) is 21.3. The highest BCUT2D eigenvalue weighted by Crippen LogP contribution is 2.32. The summed E-state index contributed by atoms with van der Waals surface area (Å²) < 4.78 is 6.38. The smallest absolute Gasteiger partial charge is 0.191 e. The van der Waals surface area contributed by atoms with Crippen LogP contribution in [0.4, 0.5) is 0 Å². The number of hydrogen-bond donors (Lipinski definition) is 3. The molecular formula is C18H23ClIN3O2S. The number of aliphatic imine (C=N–C) groups is 1. The van der Waals surface area contributed by atoms with E-state index in [4.69, 9.17) is 16.3 Å². The molecular weight excluding hydrogens is 485 g/mol. The molecule has 3 N–H and O–H groups in total. The molecule has 142 valence electrons. The van der Waals surface area contributed by atoms with Gasteiger partial charge in [-0.1, -0.05) is 29.8 Å². The van der Waals surface area contributed by atoms with Crippen molar-refractivity contribution in [3.63, 3.8) is 0 Å². The number of benzene rings is 1. The lowest BCUT2D eigenvalue weighted by Crippen LogP contribution is -2.41. The molecule has 2 heterocycles. The summed E-state index contributed by atoms with van der Waals surface area (Å²) in [5.74, 6) is 2.02. The summed E-state index contributed by atoms with van der Waals surface area (Å²) in [6.07, 6.45) is 0.358. The Balaban J connectivity index is 0.00000243. The minimum Gasteiger partial charge on any atom is -0.493 e. The van der Waals surface area contributed by atoms with Gasteiger partial charge in [0, 0.05) is 30.9 Å². The second-order valence-electron chi connectivity index (χ2n) is 5.86. The molecule has 0 saturated carbocycles. The molecule has 1 aliphatic heterocycles. The molecule has 0 bridgehead atoms. The summed E-state index contributed by atoms with van der Waals surface area (Å²) in [5.41, 5.74) is 1.23. The van der Waals surface area contributed by atoms with E-state index >= 15 is 0 Å². The normalized spacial score (nSPS) is 17.5. The predicted molar refractivity (Wildman–Crippen MR) is 118 cm³/mol. The van der Waals surface area contributed by atoms with Gasteiger partial charge in [0.2, 0.25) is 0 Å². The zero-order valence-corrected chi connectivity index (χ0v) is 18.3. The Bertz CT molecular complexity index is 741. The van der Waals surface area contributed by atoms with Gasteiger partial charge in [-0.2, -0.15) is 0 Å². The summed E-state index contributed by atoms with van der Waals surface area (Å²) >= 11 is 7.30. The number of aliphatic hydroxyl groups is 1. The first-order valence-corrected chi connectivity index (χ1v) is 9.46. The zero-order chi connectivity index (χ0) is 17.6. The van der Waals surface area contributed by atoms with Crippen LogP contribution in [-0.2, 0) is 0 Å². The number of nitrogens with one attached hydrogen (secondary N) is 2. The Morgan fingerprint density at radius 1 is 1.35 bits per heavy atom. The van der Waals surface area contributed by atoms with E-state index < -0.39 is 6.10 Å². The first-order chi connectivity index (χ1) is 12.2. The molecule has 0 saturated heterocycles. The summed E-state index contributed by atoms with van der Waals surface area (Å²) in [6, 6.07) is 11.8. The molecule has 3 rings (SSSR count). The minimum atomic E-state index is -0.611. The Kier molecular flexibility index (Phi) is 8.46. The maximum absolute atomic E-state index is 10.2. The fourth-order valence-corrected chi connectivity index (χ4v) is 3.92. The molecule has 1 aromatic carbocycles. The molecule has 0 fully saturated rings. The Morgan fingerprint density at radius 2 is 2.15 bits per heavy atom. The van der Waals surface area contributed by atoms with E-state index in [1.54, 1.807) is 13.1 Å². The van der Waals surface area contributed by atoms with Crippen LogP contribution in [0.2, 0.25) is 4.34 Å². The lowest BCUT2D eigenvalue weighted by Gasteiger charge is -2.26. The third-order valence-electron chi connectivity index (χ3n) is 4.21. The summed E-state index contributed by atoms with van der Waals surface area (Å²) in [6.45, 7) is 1.87. The van der Waals surface area contributed by atoms with Crippen molar-refractivity contribution < 1.29 is 9.84 Å². The van der Waals surface area contributed by atoms with Crippen molar-refractivity contribution in [2.75, 3.05) is 26.7 Å². The third kappa shape index (κ3) is 5.48. The predicted octanol–water partition coefficient (Wildman–Crippen LogP) is 3.78. The topological polar surface area (TPSA) is 65.9 Å². The summed E-state index contributed by atoms with van der Waals surface area (Å²) in [5, 5.41) is 16.7. The van der Waals surface area contributed by atoms with Crippen molar-refractivity contribution in [2.45, 2.75) is 18.4 Å². The molecule has 2 unspecified atom stereocenters. The summed E-state index contributed by atoms with van der Waals surface area (Å²) in [7, 11) is 1.72. The molecule has 1 aliphatic rings. The van der Waals surface area contributed by atoms with Crippen molar-refractivity contribution in [3.05, 3.63) is 51.2 Å². The van der Waals surface area contributed by atoms with Crippen LogP contribution in [0.3, 0.4) is 0 Å². The van der Waals surface area contributed by atoms with Gasteiger partial charge < -0.3 is 20.5 Å². The Labute approximate surface area is 179 Å². The lowest BCUT2D eigenvalue weighted by atomic mass is 9.93. The van der Waals surface area contributed by atoms with Crippen LogP contribution < -0.4 is 15.4 Å². The van der Waals surface area contributed by atoms with Gasteiger partial charge in [0.1, 0.15) is 11.9 Å². The van der Waals surface area contributed by atoms with Crippen molar-refractivity contribution in [1.82, 2.24) is 10.6 Å². The Morgan fingerprint density at radius 3 is 2.88 bits per heavy atom. The Hall–Kier alpha value is -1.03. The van der Waals surface area contributed by atoms with Crippen LogP contribution in [0.5, 0.6) is 5.75 Å². The van der Waals surface area contributed by atoms with E-state index in [2.05, 4.69) is 21.7 Å². The number of aliphatic hydroxyl groups excluding tert-OH is 1. The van der Waals surface area contributed by atoms with Crippen LogP contribution in [0.25, 0.3) is 0 Å². The van der Waals surface area contributed by atoms with Crippen LogP contribution in [0, 0.1) is 0 Å². The molecule has 2 atom stereocenters. The van der Waals surface area contributed by atoms with E-state index in [0.717, 1.165) is 30.2 Å². The quantitative estimate of drug-likeness (QED) is 0.327. The second kappa shape index (κ2) is 10.3. The van der Waals surface area contributed by atoms with Crippen molar-refractivity contribution >= 4 is 52.9 Å². The van der Waals surface area contributed by atoms with Gasteiger partial charge in [-0.3, -0.25) is 4.99 Å². The molecule has 26 heavy (non-hydrogen) atoms. The molecule has 5 nitrogen and oxygen atoms in total. The highest BCUT2D eigenvalue weighted by atomic mass is 127. The van der Waals surface area contributed by atoms with Crippen molar-refractivity contribution in [1.29, 1.82) is 0 Å². The number of para-hydroxylation sites is 1. The van der Waals surface area contributed by atoms with Crippen molar-refractivity contribution in [3.8, 4) is 5.75 Å². The van der Waals surface area contributed by atoms with Gasteiger partial charge in [-0.05, 0) is 30.2 Å². The monoisotopic (exact) mass is 507 g/mol. The number of ether oxygens (including phenoxy) is 1. The van der Waals surface area contributed by atoms with E-state index in [-0.39, 0.29) is 24.0 Å². The highest BCUT2D eigenvalue weighted by Gasteiger charge is 2.21. The number of fused-ring (bicyclic) bond motifs is 1. The molecule has 2 aromatic rings. The SMILES string of the molecule is CN=C(NCC(O)c1ccc(Cl)s1)NCC1CCOc2ccccc21.I. The maximum atomic E-state index is 10.2. The third-order valence-corrected chi connectivity index (χ3v) is 5.54. The van der Waals surface area contributed by atoms with Gasteiger partial charge in [-0.25, -0.2) is 0 Å². The first-order valence-electron chi connectivity index (χ1n) is 8.27. The number of thiophene rings is 1. The van der Waals surface area contributed by atoms with E-state index in [0.29, 0.717) is 22.8 Å². The summed E-state index contributed by atoms with van der Waals surface area (Å²) in [4.78, 5) is 5.07. The van der Waals surface area contributed by atoms with E-state index in [1.165, 1.54) is 16.9 Å². The fraction of sp³-hybridized carbons (Fsp3) is 0.389. The molecule has 0 aliphatic carbocycles. The van der Waals surface area contributed by atoms with Gasteiger partial charge in [0.15, 0.2) is 5.96 Å². The largest absolute Gasteiger partial charge is 0.493 e. The van der Waals surface area contributed by atoms with Gasteiger partial charge in [0.05, 0.1) is 10.9 Å². The number of halogens is 2. The number of hydrogen-bond acceptors (Lipinski definition) is 4. The van der Waals surface area contributed by atoms with Gasteiger partial charge in [0.25, 0.3) is 0 Å². The zero-order valence-electron chi connectivity index (χ0n) is 14.4. The van der Waals surface area contributed by atoms with E-state index in [1.807, 2.05) is 24.3 Å². The molecule has 8 heteroatoms. The molecule has 1 aromatic heterocycles. The van der Waals surface area contributed by atoms with Crippen LogP contribution >= 0.6 is 46.9 Å². The van der Waals surface area contributed by atoms with Crippen LogP contribution in [-0.4, -0.2) is 37.8 Å². The number of rotatable bonds is 5. The van der Waals surface area contributed by atoms with E-state index in [9.17, 15) is 5.11 Å². The molecule has 0 spiro atoms. The van der Waals surface area contributed by atoms with Crippen LogP contribution in [0.1, 0.15) is 28.9 Å². The average Bonchev–Trinajstić information content (AvgIpc) is 3.08. The maximum Gasteiger partial charge on any atom is 0.191 e. The lowest BCUT2D eigenvalue weighted by molar-refractivity contribution is 0.184. The van der Waals surface area contributed by atoms with Gasteiger partial charge in [-0.15, -0.1) is 35.3 Å². The van der Waals surface area contributed by atoms with Crippen molar-refractivity contribution in [2.24, 2.45) is 4.99 Å². The van der Waals surface area contributed by atoms with Gasteiger partial charge >= 0.3 is 0 Å². The fourth-order valence-electron chi connectivity index (χ4n) is 2.87.